The zero-order valence-corrected chi connectivity index (χ0v) is 31.5. The number of aliphatic carboxylic acids is 2. The molecule has 5 fully saturated rings. The van der Waals surface area contributed by atoms with Gasteiger partial charge in [-0.25, -0.2) is 0 Å². The van der Waals surface area contributed by atoms with Crippen LogP contribution >= 0.6 is 0 Å². The monoisotopic (exact) mass is 720 g/mol. The first-order valence-corrected chi connectivity index (χ1v) is 19.6. The Bertz CT molecular complexity index is 1220. The van der Waals surface area contributed by atoms with Crippen molar-refractivity contribution in [2.45, 2.75) is 148 Å². The fourth-order valence-corrected chi connectivity index (χ4v) is 11.7. The third-order valence-electron chi connectivity index (χ3n) is 14.6. The van der Waals surface area contributed by atoms with Crippen LogP contribution in [0.5, 0.6) is 0 Å². The summed E-state index contributed by atoms with van der Waals surface area (Å²) in [5.74, 6) is 1.13. The Labute approximate surface area is 303 Å². The van der Waals surface area contributed by atoms with Crippen molar-refractivity contribution in [3.63, 3.8) is 0 Å². The first-order chi connectivity index (χ1) is 24.3. The van der Waals surface area contributed by atoms with Gasteiger partial charge in [0.25, 0.3) is 0 Å². The number of rotatable bonds is 20. The minimum absolute atomic E-state index is 0.0396. The van der Waals surface area contributed by atoms with Crippen molar-refractivity contribution in [3.05, 3.63) is 0 Å². The predicted molar refractivity (Wildman–Crippen MR) is 188 cm³/mol. The molecule has 51 heavy (non-hydrogen) atoms. The molecule has 1 saturated heterocycles. The number of carbonyl (C=O) groups is 4. The van der Waals surface area contributed by atoms with Gasteiger partial charge >= 0.3 is 11.9 Å². The second-order valence-corrected chi connectivity index (χ2v) is 17.3. The van der Waals surface area contributed by atoms with E-state index in [1.165, 1.54) is 25.7 Å². The van der Waals surface area contributed by atoms with Gasteiger partial charge in [-0.05, 0) is 117 Å². The molecule has 14 atom stereocenters. The Kier molecular flexibility index (Phi) is 13.4. The van der Waals surface area contributed by atoms with E-state index in [0.29, 0.717) is 47.9 Å². The molecule has 4 saturated carbocycles. The van der Waals surface area contributed by atoms with Crippen LogP contribution in [0.1, 0.15) is 118 Å². The Morgan fingerprint density at radius 3 is 2.27 bits per heavy atom. The highest BCUT2D eigenvalue weighted by molar-refractivity contribution is 5.68. The highest BCUT2D eigenvalue weighted by Crippen LogP contribution is 2.71. The van der Waals surface area contributed by atoms with Crippen molar-refractivity contribution < 1.29 is 48.4 Å². The minimum atomic E-state index is -0.938. The number of ether oxygens (including phenoxy) is 3. The normalized spacial score (nSPS) is 40.3. The van der Waals surface area contributed by atoms with Gasteiger partial charge in [0.05, 0.1) is 37.6 Å². The molecule has 0 aromatic heterocycles. The van der Waals surface area contributed by atoms with E-state index in [1.54, 1.807) is 7.11 Å². The summed E-state index contributed by atoms with van der Waals surface area (Å²) in [6.07, 6.45) is 13.0. The largest absolute Gasteiger partial charge is 0.481 e. The second-order valence-electron chi connectivity index (χ2n) is 17.3. The van der Waals surface area contributed by atoms with Crippen molar-refractivity contribution in [1.82, 2.24) is 10.8 Å². The number of carboxylic acid groups (broad SMARTS) is 2. The summed E-state index contributed by atoms with van der Waals surface area (Å²) >= 11 is 0. The van der Waals surface area contributed by atoms with Gasteiger partial charge in [0, 0.05) is 32.3 Å². The number of methoxy groups -OCH3 is 1. The highest BCUT2D eigenvalue weighted by atomic mass is 16.7. The van der Waals surface area contributed by atoms with Gasteiger partial charge in [0.15, 0.2) is 5.79 Å². The highest BCUT2D eigenvalue weighted by Gasteiger charge is 2.68. The maximum atomic E-state index is 11.4. The standard InChI is InChI=1S/C39H64N2O10/c1-24(22-50-41-28(21-43)8-11-35(46)47)12-17-39(48-5)25(2)36-33(51-39)19-32-30-9-6-26-18-29(49-23-40-27(20-42)7-10-34(44)45)13-15-37(26,3)31(30)14-16-38(32,36)4/h20-21,24-33,36,40-41H,6-19,22-23H2,1-5H3,(H,44,45)(H,46,47)/t24?,25-,26?,27+,28+,29?,30?,31?,32?,33?,36?,37?,38?,39+/m0/s1. The average Bonchev–Trinajstić information content (AvgIpc) is 3.56. The van der Waals surface area contributed by atoms with E-state index in [0.717, 1.165) is 44.8 Å². The van der Waals surface area contributed by atoms with E-state index in [1.807, 2.05) is 0 Å². The number of hydrogen-bond acceptors (Lipinski definition) is 10. The zero-order valence-electron chi connectivity index (χ0n) is 31.5. The van der Waals surface area contributed by atoms with Gasteiger partial charge in [0.1, 0.15) is 12.6 Å². The lowest BCUT2D eigenvalue weighted by Gasteiger charge is -2.61. The van der Waals surface area contributed by atoms with Gasteiger partial charge in [-0.2, -0.15) is 5.48 Å². The van der Waals surface area contributed by atoms with Crippen molar-refractivity contribution in [3.8, 4) is 0 Å². The van der Waals surface area contributed by atoms with Gasteiger partial charge in [0.2, 0.25) is 0 Å². The maximum Gasteiger partial charge on any atom is 0.303 e. The van der Waals surface area contributed by atoms with Crippen molar-refractivity contribution >= 4 is 24.5 Å². The van der Waals surface area contributed by atoms with Crippen LogP contribution in [0.25, 0.3) is 0 Å². The van der Waals surface area contributed by atoms with Crippen LogP contribution in [-0.2, 0) is 38.2 Å². The van der Waals surface area contributed by atoms with Crippen LogP contribution in [0, 0.1) is 52.3 Å². The van der Waals surface area contributed by atoms with E-state index in [4.69, 9.17) is 29.3 Å². The number of hydrogen-bond donors (Lipinski definition) is 4. The third kappa shape index (κ3) is 8.56. The zero-order chi connectivity index (χ0) is 37.0. The van der Waals surface area contributed by atoms with Gasteiger partial charge in [-0.1, -0.05) is 27.7 Å². The van der Waals surface area contributed by atoms with Crippen LogP contribution in [-0.4, -0.2) is 85.3 Å². The quantitative estimate of drug-likeness (QED) is 0.0722. The number of carbonyl (C=O) groups excluding carboxylic acids is 2. The summed E-state index contributed by atoms with van der Waals surface area (Å²) in [5, 5.41) is 20.9. The molecule has 0 bridgehead atoms. The molecule has 4 aliphatic carbocycles. The number of aldehydes is 2. The molecular weight excluding hydrogens is 656 g/mol. The molecule has 12 nitrogen and oxygen atoms in total. The van der Waals surface area contributed by atoms with Crippen LogP contribution in [0.15, 0.2) is 0 Å². The fourth-order valence-electron chi connectivity index (χ4n) is 11.7. The van der Waals surface area contributed by atoms with E-state index < -0.39 is 29.8 Å². The second kappa shape index (κ2) is 17.0. The smallest absolute Gasteiger partial charge is 0.303 e. The van der Waals surface area contributed by atoms with Crippen LogP contribution in [0.2, 0.25) is 0 Å². The topological polar surface area (TPSA) is 170 Å². The SMILES string of the molecule is CO[C@]1(CCC(C)CON[C@@H](C=O)CCC(=O)O)OC2CC3C4CCC5CC(OCN[C@@H](C=O)CCC(=O)O)CCC5(C)C4CCC3(C)C2[C@@H]1C. The molecule has 0 radical (unpaired) electrons. The predicted octanol–water partition coefficient (Wildman–Crippen LogP) is 5.37. The molecule has 0 spiro atoms. The van der Waals surface area contributed by atoms with Gasteiger partial charge < -0.3 is 38.9 Å². The Balaban J connectivity index is 1.13. The molecule has 5 aliphatic rings. The van der Waals surface area contributed by atoms with Crippen molar-refractivity contribution in [2.24, 2.45) is 52.3 Å². The fraction of sp³-hybridized carbons (Fsp3) is 0.897. The van der Waals surface area contributed by atoms with E-state index >= 15 is 0 Å². The number of hydroxylamine groups is 1. The molecule has 0 aromatic carbocycles. The Morgan fingerprint density at radius 1 is 0.922 bits per heavy atom. The van der Waals surface area contributed by atoms with Crippen LogP contribution in [0.3, 0.4) is 0 Å². The lowest BCUT2D eigenvalue weighted by Crippen LogP contribution is -2.55. The lowest BCUT2D eigenvalue weighted by atomic mass is 9.44. The number of fused-ring (bicyclic) bond motifs is 7. The molecule has 4 N–H and O–H groups in total. The van der Waals surface area contributed by atoms with Crippen molar-refractivity contribution in [2.75, 3.05) is 20.4 Å². The lowest BCUT2D eigenvalue weighted by molar-refractivity contribution is -0.240. The Morgan fingerprint density at radius 2 is 1.61 bits per heavy atom. The third-order valence-corrected chi connectivity index (χ3v) is 14.6. The summed E-state index contributed by atoms with van der Waals surface area (Å²) in [6, 6.07) is -1.14. The van der Waals surface area contributed by atoms with E-state index in [-0.39, 0.29) is 61.9 Å². The van der Waals surface area contributed by atoms with E-state index in [2.05, 4.69) is 38.5 Å². The molecule has 12 heteroatoms. The van der Waals surface area contributed by atoms with Crippen LogP contribution in [0.4, 0.5) is 0 Å². The molecule has 1 heterocycles. The molecule has 1 aliphatic heterocycles. The maximum absolute atomic E-state index is 11.4. The first-order valence-electron chi connectivity index (χ1n) is 19.6. The molecule has 5 rings (SSSR count). The van der Waals surface area contributed by atoms with E-state index in [9.17, 15) is 19.2 Å². The summed E-state index contributed by atoms with van der Waals surface area (Å²) in [5.41, 5.74) is 3.24. The summed E-state index contributed by atoms with van der Waals surface area (Å²) in [6.45, 7) is 10.2. The Hall–Kier alpha value is -1.96. The van der Waals surface area contributed by atoms with Gasteiger partial charge in [-0.15, -0.1) is 0 Å². The molecule has 10 unspecified atom stereocenters. The summed E-state index contributed by atoms with van der Waals surface area (Å²) in [7, 11) is 1.78. The number of nitrogens with one attached hydrogen (secondary N) is 2. The van der Waals surface area contributed by atoms with Gasteiger partial charge in [-0.3, -0.25) is 14.9 Å². The number of carboxylic acids is 2. The van der Waals surface area contributed by atoms with Crippen LogP contribution < -0.4 is 10.8 Å². The average molecular weight is 721 g/mol. The summed E-state index contributed by atoms with van der Waals surface area (Å²) in [4.78, 5) is 50.0. The molecule has 0 amide bonds. The minimum Gasteiger partial charge on any atom is -0.481 e. The summed E-state index contributed by atoms with van der Waals surface area (Å²) < 4.78 is 19.5. The first kappa shape index (κ1) is 40.2. The molecule has 0 aromatic rings. The molecular formula is C39H64N2O10. The van der Waals surface area contributed by atoms with Crippen molar-refractivity contribution in [1.29, 1.82) is 0 Å². The molecule has 290 valence electrons.